The minimum Gasteiger partial charge on any atom is -0.371 e. The molecule has 1 saturated heterocycles. The monoisotopic (exact) mass is 169 g/mol. The average molecular weight is 169 g/mol. The maximum atomic E-state index is 5.58. The average Bonchev–Trinajstić information content (AvgIpc) is 2.89. The Balaban J connectivity index is 2.09. The topological polar surface area (TPSA) is 21.8 Å². The van der Waals surface area contributed by atoms with Crippen molar-refractivity contribution in [3.63, 3.8) is 0 Å². The molecule has 0 aromatic rings. The molecule has 1 aliphatic rings. The van der Waals surface area contributed by atoms with Crippen LogP contribution >= 0.6 is 0 Å². The van der Waals surface area contributed by atoms with Gasteiger partial charge < -0.3 is 9.47 Å². The summed E-state index contributed by atoms with van der Waals surface area (Å²) in [5.74, 6) is 0. The lowest BCUT2D eigenvalue weighted by Gasteiger charge is -2.10. The molecule has 0 aromatic heterocycles. The van der Waals surface area contributed by atoms with Gasteiger partial charge in [0, 0.05) is 0 Å². The fourth-order valence-electron chi connectivity index (χ4n) is 0.953. The maximum Gasteiger partial charge on any atom is 0.104 e. The first-order chi connectivity index (χ1) is 5.86. The Kier molecular flexibility index (Phi) is 4.33. The van der Waals surface area contributed by atoms with E-state index in [9.17, 15) is 0 Å². The smallest absolute Gasteiger partial charge is 0.104 e. The van der Waals surface area contributed by atoms with E-state index >= 15 is 0 Å². The molecule has 2 atom stereocenters. The highest BCUT2D eigenvalue weighted by Crippen LogP contribution is 2.11. The molecule has 1 aliphatic heterocycles. The van der Waals surface area contributed by atoms with Crippen LogP contribution in [0.3, 0.4) is 0 Å². The molecular weight excluding hydrogens is 152 g/mol. The van der Waals surface area contributed by atoms with Crippen molar-refractivity contribution >= 4 is 0 Å². The van der Waals surface area contributed by atoms with Crippen molar-refractivity contribution in [1.29, 1.82) is 0 Å². The normalized spacial score (nSPS) is 24.7. The van der Waals surface area contributed by atoms with E-state index in [4.69, 9.17) is 9.47 Å². The van der Waals surface area contributed by atoms with Crippen molar-refractivity contribution in [3.05, 3.63) is 19.1 Å². The summed E-state index contributed by atoms with van der Waals surface area (Å²) in [4.78, 5) is 0. The van der Waals surface area contributed by atoms with E-state index in [1.165, 1.54) is 0 Å². The first-order valence-corrected chi connectivity index (χ1v) is 4.56. The number of rotatable bonds is 6. The van der Waals surface area contributed by atoms with Crippen LogP contribution in [0.1, 0.15) is 19.8 Å². The van der Waals surface area contributed by atoms with Gasteiger partial charge in [0.05, 0.1) is 19.3 Å². The maximum absolute atomic E-state index is 5.58. The molecule has 2 unspecified atom stereocenters. The van der Waals surface area contributed by atoms with Gasteiger partial charge in [-0.2, -0.15) is 0 Å². The summed E-state index contributed by atoms with van der Waals surface area (Å²) >= 11 is 0. The molecule has 0 saturated carbocycles. The van der Waals surface area contributed by atoms with Gasteiger partial charge in [-0.3, -0.25) is 0 Å². The molecule has 0 N–H and O–H groups in total. The number of ether oxygens (including phenoxy) is 2. The van der Waals surface area contributed by atoms with Gasteiger partial charge in [0.1, 0.15) is 6.10 Å². The molecule has 0 aromatic carbocycles. The van der Waals surface area contributed by atoms with E-state index < -0.39 is 0 Å². The number of hydrogen-bond donors (Lipinski definition) is 0. The highest BCUT2D eigenvalue weighted by Gasteiger charge is 2.23. The van der Waals surface area contributed by atoms with E-state index in [1.54, 1.807) is 0 Å². The second-order valence-electron chi connectivity index (χ2n) is 2.95. The molecule has 0 aliphatic carbocycles. The molecule has 1 radical (unpaired) electrons. The van der Waals surface area contributed by atoms with Crippen LogP contribution in [0.15, 0.2) is 12.2 Å². The lowest BCUT2D eigenvalue weighted by molar-refractivity contribution is 0.0698. The van der Waals surface area contributed by atoms with E-state index in [0.717, 1.165) is 26.1 Å². The third-order valence-corrected chi connectivity index (χ3v) is 1.82. The molecule has 1 heterocycles. The molecular formula is C10H17O2. The van der Waals surface area contributed by atoms with Crippen LogP contribution in [0, 0.1) is 6.92 Å². The van der Waals surface area contributed by atoms with Gasteiger partial charge in [0.15, 0.2) is 0 Å². The van der Waals surface area contributed by atoms with Crippen LogP contribution in [0.2, 0.25) is 0 Å². The van der Waals surface area contributed by atoms with Gasteiger partial charge in [-0.15, -0.1) is 0 Å². The highest BCUT2D eigenvalue weighted by atomic mass is 16.6. The number of allylic oxidation sites excluding steroid dienone is 1. The van der Waals surface area contributed by atoms with Gasteiger partial charge >= 0.3 is 0 Å². The highest BCUT2D eigenvalue weighted by molar-refractivity contribution is 4.89. The van der Waals surface area contributed by atoms with Gasteiger partial charge in [-0.1, -0.05) is 19.1 Å². The van der Waals surface area contributed by atoms with Crippen molar-refractivity contribution in [1.82, 2.24) is 0 Å². The quantitative estimate of drug-likeness (QED) is 0.448. The van der Waals surface area contributed by atoms with Crippen molar-refractivity contribution in [2.75, 3.05) is 13.2 Å². The summed E-state index contributed by atoms with van der Waals surface area (Å²) in [7, 11) is 0. The van der Waals surface area contributed by atoms with Crippen molar-refractivity contribution in [2.24, 2.45) is 0 Å². The summed E-state index contributed by atoms with van der Waals surface area (Å²) in [5, 5.41) is 0. The zero-order valence-corrected chi connectivity index (χ0v) is 7.66. The van der Waals surface area contributed by atoms with Crippen LogP contribution in [-0.4, -0.2) is 25.4 Å². The van der Waals surface area contributed by atoms with E-state index in [0.29, 0.717) is 6.10 Å². The first-order valence-electron chi connectivity index (χ1n) is 4.56. The molecule has 2 heteroatoms. The molecule has 0 amide bonds. The standard InChI is InChI=1S/C10H17O2/c1-3-5-6-9(4-2)11-7-10-8-12-10/h5-6,9-10H,1,3-4,7-8H2,2H3. The van der Waals surface area contributed by atoms with Crippen molar-refractivity contribution < 1.29 is 9.47 Å². The van der Waals surface area contributed by atoms with E-state index in [1.807, 2.05) is 6.08 Å². The van der Waals surface area contributed by atoms with Gasteiger partial charge in [0.25, 0.3) is 0 Å². The number of epoxide rings is 1. The fraction of sp³-hybridized carbons (Fsp3) is 0.700. The zero-order chi connectivity index (χ0) is 8.81. The van der Waals surface area contributed by atoms with Crippen molar-refractivity contribution in [3.8, 4) is 0 Å². The Bertz CT molecular complexity index is 139. The first kappa shape index (κ1) is 9.75. The van der Waals surface area contributed by atoms with Crippen molar-refractivity contribution in [2.45, 2.75) is 32.0 Å². The van der Waals surface area contributed by atoms with Gasteiger partial charge in [-0.25, -0.2) is 0 Å². The van der Waals surface area contributed by atoms with Crippen LogP contribution in [-0.2, 0) is 9.47 Å². The Morgan fingerprint density at radius 2 is 2.50 bits per heavy atom. The van der Waals surface area contributed by atoms with E-state index in [2.05, 4.69) is 19.9 Å². The van der Waals surface area contributed by atoms with Crippen LogP contribution in [0.5, 0.6) is 0 Å². The van der Waals surface area contributed by atoms with Crippen LogP contribution in [0.25, 0.3) is 0 Å². The molecule has 2 nitrogen and oxygen atoms in total. The minimum absolute atomic E-state index is 0.246. The lowest BCUT2D eigenvalue weighted by Crippen LogP contribution is -2.12. The molecule has 0 spiro atoms. The number of hydrogen-bond acceptors (Lipinski definition) is 2. The molecule has 69 valence electrons. The summed E-state index contributed by atoms with van der Waals surface area (Å²) in [6.45, 7) is 7.46. The Morgan fingerprint density at radius 3 is 3.00 bits per heavy atom. The van der Waals surface area contributed by atoms with Crippen LogP contribution in [0.4, 0.5) is 0 Å². The minimum atomic E-state index is 0.246. The second kappa shape index (κ2) is 5.33. The molecule has 0 bridgehead atoms. The Hall–Kier alpha value is -0.340. The fourth-order valence-corrected chi connectivity index (χ4v) is 0.953. The van der Waals surface area contributed by atoms with Gasteiger partial charge in [0.2, 0.25) is 0 Å². The third kappa shape index (κ3) is 3.88. The largest absolute Gasteiger partial charge is 0.371 e. The summed E-state index contributed by atoms with van der Waals surface area (Å²) in [5.41, 5.74) is 0. The molecule has 1 fully saturated rings. The van der Waals surface area contributed by atoms with Crippen LogP contribution < -0.4 is 0 Å². The van der Waals surface area contributed by atoms with E-state index in [-0.39, 0.29) is 6.10 Å². The summed E-state index contributed by atoms with van der Waals surface area (Å²) in [6, 6.07) is 0. The lowest BCUT2D eigenvalue weighted by atomic mass is 10.2. The predicted octanol–water partition coefficient (Wildman–Crippen LogP) is 1.96. The zero-order valence-electron chi connectivity index (χ0n) is 7.66. The Morgan fingerprint density at radius 1 is 1.75 bits per heavy atom. The SMILES string of the molecule is [CH2]CC=CC(CC)OCC1CO1. The molecule has 1 rings (SSSR count). The summed E-state index contributed by atoms with van der Waals surface area (Å²) in [6.07, 6.45) is 6.59. The molecule has 12 heavy (non-hydrogen) atoms. The second-order valence-corrected chi connectivity index (χ2v) is 2.95. The predicted molar refractivity (Wildman–Crippen MR) is 48.9 cm³/mol. The summed E-state index contributed by atoms with van der Waals surface area (Å²) < 4.78 is 10.6. The third-order valence-electron chi connectivity index (χ3n) is 1.82. The van der Waals surface area contributed by atoms with Gasteiger partial charge in [-0.05, 0) is 19.8 Å². The Labute approximate surface area is 74.6 Å².